The molecule has 14 heavy (non-hydrogen) atoms. The first kappa shape index (κ1) is 9.61. The Hall–Kier alpha value is -0.940. The van der Waals surface area contributed by atoms with E-state index in [1.165, 1.54) is 6.42 Å². The highest BCUT2D eigenvalue weighted by atomic mass is 16.4. The van der Waals surface area contributed by atoms with E-state index in [1.807, 2.05) is 6.92 Å². The normalized spacial score (nSPS) is 22.1. The van der Waals surface area contributed by atoms with Crippen molar-refractivity contribution in [1.82, 2.24) is 20.4 Å². The van der Waals surface area contributed by atoms with Gasteiger partial charge in [-0.3, -0.25) is 4.90 Å². The third kappa shape index (κ3) is 2.10. The fourth-order valence-corrected chi connectivity index (χ4v) is 1.76. The maximum atomic E-state index is 5.33. The van der Waals surface area contributed by atoms with Gasteiger partial charge in [0.1, 0.15) is 0 Å². The lowest BCUT2D eigenvalue weighted by atomic mass is 10.2. The molecule has 78 valence electrons. The van der Waals surface area contributed by atoms with Crippen LogP contribution in [0.3, 0.4) is 0 Å². The minimum atomic E-state index is 0.599. The molecule has 0 aromatic carbocycles. The molecule has 2 heterocycles. The summed E-state index contributed by atoms with van der Waals surface area (Å²) in [6, 6.07) is 0.599. The van der Waals surface area contributed by atoms with Crippen molar-refractivity contribution >= 4 is 0 Å². The number of aromatic nitrogens is 2. The van der Waals surface area contributed by atoms with Crippen LogP contribution < -0.4 is 5.32 Å². The van der Waals surface area contributed by atoms with E-state index >= 15 is 0 Å². The lowest BCUT2D eigenvalue weighted by Gasteiger charge is -2.21. The van der Waals surface area contributed by atoms with Crippen LogP contribution in [0.15, 0.2) is 4.42 Å². The zero-order valence-electron chi connectivity index (χ0n) is 8.66. The lowest BCUT2D eigenvalue weighted by molar-refractivity contribution is 0.223. The Morgan fingerprint density at radius 2 is 2.43 bits per heavy atom. The Labute approximate surface area is 83.5 Å². The van der Waals surface area contributed by atoms with Crippen molar-refractivity contribution in [3.63, 3.8) is 0 Å². The van der Waals surface area contributed by atoms with Crippen molar-refractivity contribution in [2.45, 2.75) is 25.9 Å². The van der Waals surface area contributed by atoms with E-state index in [9.17, 15) is 0 Å². The third-order valence-electron chi connectivity index (χ3n) is 2.61. The molecule has 1 saturated heterocycles. The Bertz CT molecular complexity index is 293. The molecule has 5 nitrogen and oxygen atoms in total. The minimum absolute atomic E-state index is 0.599. The molecule has 5 heteroatoms. The molecule has 1 aliphatic rings. The summed E-state index contributed by atoms with van der Waals surface area (Å²) in [6.45, 7) is 4.72. The van der Waals surface area contributed by atoms with E-state index in [0.717, 1.165) is 19.6 Å². The second kappa shape index (κ2) is 4.06. The van der Waals surface area contributed by atoms with E-state index in [-0.39, 0.29) is 0 Å². The van der Waals surface area contributed by atoms with Crippen LogP contribution in [0.25, 0.3) is 0 Å². The topological polar surface area (TPSA) is 54.2 Å². The van der Waals surface area contributed by atoms with Gasteiger partial charge in [-0.2, -0.15) is 0 Å². The van der Waals surface area contributed by atoms with Gasteiger partial charge in [0.05, 0.1) is 6.54 Å². The molecule has 0 spiro atoms. The maximum Gasteiger partial charge on any atom is 0.230 e. The number of nitrogens with zero attached hydrogens (tertiary/aromatic N) is 3. The van der Waals surface area contributed by atoms with Crippen molar-refractivity contribution in [1.29, 1.82) is 0 Å². The van der Waals surface area contributed by atoms with Gasteiger partial charge in [0.25, 0.3) is 0 Å². The zero-order chi connectivity index (χ0) is 9.97. The molecule has 1 N–H and O–H groups in total. The van der Waals surface area contributed by atoms with Crippen LogP contribution >= 0.6 is 0 Å². The minimum Gasteiger partial charge on any atom is -0.424 e. The molecule has 0 bridgehead atoms. The molecule has 0 aliphatic carbocycles. The average Bonchev–Trinajstić information content (AvgIpc) is 2.75. The molecular formula is C9H16N4O. The summed E-state index contributed by atoms with van der Waals surface area (Å²) in [6.07, 6.45) is 1.20. The first-order valence-electron chi connectivity index (χ1n) is 4.95. The second-order valence-electron chi connectivity index (χ2n) is 3.78. The van der Waals surface area contributed by atoms with Crippen molar-refractivity contribution in [2.75, 3.05) is 20.1 Å². The van der Waals surface area contributed by atoms with Crippen LogP contribution in [-0.4, -0.2) is 41.3 Å². The summed E-state index contributed by atoms with van der Waals surface area (Å²) in [5.74, 6) is 1.34. The molecule has 1 fully saturated rings. The van der Waals surface area contributed by atoms with Gasteiger partial charge < -0.3 is 9.73 Å². The molecule has 1 aliphatic heterocycles. The Morgan fingerprint density at radius 3 is 3.00 bits per heavy atom. The average molecular weight is 196 g/mol. The highest BCUT2D eigenvalue weighted by Gasteiger charge is 2.20. The molecule has 0 amide bonds. The Morgan fingerprint density at radius 1 is 1.57 bits per heavy atom. The summed E-state index contributed by atoms with van der Waals surface area (Å²) >= 11 is 0. The second-order valence-corrected chi connectivity index (χ2v) is 3.78. The van der Waals surface area contributed by atoms with Gasteiger partial charge >= 0.3 is 0 Å². The van der Waals surface area contributed by atoms with Gasteiger partial charge in [-0.15, -0.1) is 10.2 Å². The fraction of sp³-hybridized carbons (Fsp3) is 0.778. The Balaban J connectivity index is 1.90. The van der Waals surface area contributed by atoms with Crippen LogP contribution in [-0.2, 0) is 6.54 Å². The number of aryl methyl sites for hydroxylation is 1. The summed E-state index contributed by atoms with van der Waals surface area (Å²) in [4.78, 5) is 2.26. The van der Waals surface area contributed by atoms with Crippen LogP contribution in [0.5, 0.6) is 0 Å². The largest absolute Gasteiger partial charge is 0.424 e. The number of hydrogen-bond acceptors (Lipinski definition) is 5. The molecule has 2 rings (SSSR count). The number of likely N-dealkylation sites (N-methyl/N-ethyl adjacent to an activating group) is 1. The van der Waals surface area contributed by atoms with E-state index in [0.29, 0.717) is 17.8 Å². The highest BCUT2D eigenvalue weighted by Crippen LogP contribution is 2.09. The molecule has 0 saturated carbocycles. The molecule has 1 aromatic rings. The summed E-state index contributed by atoms with van der Waals surface area (Å²) in [7, 11) is 2.09. The molecule has 0 unspecified atom stereocenters. The van der Waals surface area contributed by atoms with Gasteiger partial charge in [-0.1, -0.05) is 0 Å². The standard InChI is InChI=1S/C9H16N4O/c1-7-11-12-9(14-7)6-13(2)8-3-4-10-5-8/h8,10H,3-6H2,1-2H3/t8-/m0/s1. The van der Waals surface area contributed by atoms with Crippen LogP contribution in [0.1, 0.15) is 18.2 Å². The van der Waals surface area contributed by atoms with Gasteiger partial charge in [0, 0.05) is 19.5 Å². The van der Waals surface area contributed by atoms with E-state index in [2.05, 4.69) is 27.5 Å². The first-order chi connectivity index (χ1) is 6.75. The van der Waals surface area contributed by atoms with Crippen molar-refractivity contribution in [2.24, 2.45) is 0 Å². The predicted molar refractivity (Wildman–Crippen MR) is 51.8 cm³/mol. The Kier molecular flexibility index (Phi) is 2.79. The number of hydrogen-bond donors (Lipinski definition) is 1. The SMILES string of the molecule is Cc1nnc(CN(C)[C@H]2CCNC2)o1. The smallest absolute Gasteiger partial charge is 0.230 e. The van der Waals surface area contributed by atoms with Gasteiger partial charge in [0.2, 0.25) is 11.8 Å². The summed E-state index contributed by atoms with van der Waals surface area (Å²) < 4.78 is 5.33. The molecular weight excluding hydrogens is 180 g/mol. The van der Waals surface area contributed by atoms with E-state index < -0.39 is 0 Å². The van der Waals surface area contributed by atoms with Gasteiger partial charge in [0.15, 0.2) is 0 Å². The van der Waals surface area contributed by atoms with Crippen molar-refractivity contribution in [3.8, 4) is 0 Å². The highest BCUT2D eigenvalue weighted by molar-refractivity contribution is 4.84. The number of nitrogens with one attached hydrogen (secondary N) is 1. The van der Waals surface area contributed by atoms with Crippen molar-refractivity contribution in [3.05, 3.63) is 11.8 Å². The van der Waals surface area contributed by atoms with Crippen LogP contribution in [0, 0.1) is 6.92 Å². The fourth-order valence-electron chi connectivity index (χ4n) is 1.76. The van der Waals surface area contributed by atoms with Crippen LogP contribution in [0.4, 0.5) is 0 Å². The van der Waals surface area contributed by atoms with Gasteiger partial charge in [-0.05, 0) is 20.0 Å². The predicted octanol–water partition coefficient (Wildman–Crippen LogP) is 0.172. The molecule has 0 radical (unpaired) electrons. The zero-order valence-corrected chi connectivity index (χ0v) is 8.66. The summed E-state index contributed by atoms with van der Waals surface area (Å²) in [5.41, 5.74) is 0. The van der Waals surface area contributed by atoms with E-state index in [1.54, 1.807) is 0 Å². The van der Waals surface area contributed by atoms with Crippen LogP contribution in [0.2, 0.25) is 0 Å². The maximum absolute atomic E-state index is 5.33. The van der Waals surface area contributed by atoms with Crippen molar-refractivity contribution < 1.29 is 4.42 Å². The quantitative estimate of drug-likeness (QED) is 0.747. The van der Waals surface area contributed by atoms with E-state index in [4.69, 9.17) is 4.42 Å². The third-order valence-corrected chi connectivity index (χ3v) is 2.61. The van der Waals surface area contributed by atoms with Gasteiger partial charge in [-0.25, -0.2) is 0 Å². The number of rotatable bonds is 3. The molecule has 1 atom stereocenters. The monoisotopic (exact) mass is 196 g/mol. The first-order valence-corrected chi connectivity index (χ1v) is 4.95. The summed E-state index contributed by atoms with van der Waals surface area (Å²) in [5, 5.41) is 11.1. The molecule has 1 aromatic heterocycles. The lowest BCUT2D eigenvalue weighted by Crippen LogP contribution is -2.32.